The van der Waals surface area contributed by atoms with Crippen LogP contribution in [0.5, 0.6) is 0 Å². The maximum absolute atomic E-state index is 12.5. The van der Waals surface area contributed by atoms with Crippen molar-refractivity contribution < 1.29 is 13.2 Å². The van der Waals surface area contributed by atoms with E-state index >= 15 is 0 Å². The molecule has 0 fully saturated rings. The molecule has 0 nitrogen and oxygen atoms in total. The second-order valence-corrected chi connectivity index (χ2v) is 3.20. The Hall–Kier alpha value is -0.410. The van der Waals surface area contributed by atoms with Gasteiger partial charge >= 0.3 is 0 Å². The SMILES string of the molecule is Fc1cc(C(Cl)Cl)cc(F)c1F. The monoisotopic (exact) mass is 214 g/mol. The molecule has 66 valence electrons. The molecule has 0 bridgehead atoms. The second kappa shape index (κ2) is 3.54. The van der Waals surface area contributed by atoms with Gasteiger partial charge in [0.25, 0.3) is 0 Å². The van der Waals surface area contributed by atoms with Crippen LogP contribution in [-0.4, -0.2) is 0 Å². The van der Waals surface area contributed by atoms with Crippen LogP contribution < -0.4 is 0 Å². The van der Waals surface area contributed by atoms with Crippen molar-refractivity contribution in [1.29, 1.82) is 0 Å². The molecule has 0 aliphatic rings. The van der Waals surface area contributed by atoms with Gasteiger partial charge in [0.2, 0.25) is 0 Å². The van der Waals surface area contributed by atoms with Gasteiger partial charge in [-0.3, -0.25) is 0 Å². The molecule has 0 radical (unpaired) electrons. The second-order valence-electron chi connectivity index (χ2n) is 2.10. The maximum Gasteiger partial charge on any atom is 0.194 e. The van der Waals surface area contributed by atoms with Gasteiger partial charge < -0.3 is 0 Å². The summed E-state index contributed by atoms with van der Waals surface area (Å²) in [6.07, 6.45) is 0. The van der Waals surface area contributed by atoms with Crippen LogP contribution in [0.15, 0.2) is 12.1 Å². The Bertz CT molecular complexity index is 276. The van der Waals surface area contributed by atoms with E-state index in [4.69, 9.17) is 23.2 Å². The minimum Gasteiger partial charge on any atom is -0.204 e. The van der Waals surface area contributed by atoms with Crippen LogP contribution in [0.2, 0.25) is 0 Å². The first-order valence-corrected chi connectivity index (χ1v) is 3.82. The summed E-state index contributed by atoms with van der Waals surface area (Å²) in [7, 11) is 0. The third-order valence-electron chi connectivity index (χ3n) is 1.26. The highest BCUT2D eigenvalue weighted by atomic mass is 35.5. The van der Waals surface area contributed by atoms with Crippen molar-refractivity contribution in [2.24, 2.45) is 0 Å². The molecule has 0 atom stereocenters. The van der Waals surface area contributed by atoms with E-state index in [1.807, 2.05) is 0 Å². The third kappa shape index (κ3) is 1.84. The Morgan fingerprint density at radius 3 is 1.75 bits per heavy atom. The number of hydrogen-bond acceptors (Lipinski definition) is 0. The topological polar surface area (TPSA) is 0 Å². The Labute approximate surface area is 76.9 Å². The van der Waals surface area contributed by atoms with Crippen LogP contribution in [0, 0.1) is 17.5 Å². The molecular weight excluding hydrogens is 212 g/mol. The lowest BCUT2D eigenvalue weighted by atomic mass is 10.2. The van der Waals surface area contributed by atoms with Gasteiger partial charge in [0.1, 0.15) is 4.84 Å². The van der Waals surface area contributed by atoms with Crippen molar-refractivity contribution >= 4 is 23.2 Å². The summed E-state index contributed by atoms with van der Waals surface area (Å²) in [6, 6.07) is 1.51. The molecule has 0 N–H and O–H groups in total. The lowest BCUT2D eigenvalue weighted by molar-refractivity contribution is 0.446. The van der Waals surface area contributed by atoms with E-state index in [9.17, 15) is 13.2 Å². The molecule has 1 aromatic carbocycles. The summed E-state index contributed by atoms with van der Waals surface area (Å²) >= 11 is 10.6. The van der Waals surface area contributed by atoms with E-state index in [0.717, 1.165) is 12.1 Å². The van der Waals surface area contributed by atoms with Gasteiger partial charge in [-0.15, -0.1) is 23.2 Å². The molecule has 12 heavy (non-hydrogen) atoms. The van der Waals surface area contributed by atoms with Crippen LogP contribution in [0.4, 0.5) is 13.2 Å². The van der Waals surface area contributed by atoms with E-state index in [1.165, 1.54) is 0 Å². The number of alkyl halides is 2. The third-order valence-corrected chi connectivity index (χ3v) is 1.76. The van der Waals surface area contributed by atoms with E-state index < -0.39 is 22.3 Å². The first-order valence-electron chi connectivity index (χ1n) is 2.95. The molecule has 0 aliphatic heterocycles. The molecule has 0 aromatic heterocycles. The number of hydrogen-bond donors (Lipinski definition) is 0. The van der Waals surface area contributed by atoms with E-state index in [0.29, 0.717) is 0 Å². The summed E-state index contributed by atoms with van der Waals surface area (Å²) in [5.41, 5.74) is -0.00488. The predicted molar refractivity (Wildman–Crippen MR) is 40.8 cm³/mol. The van der Waals surface area contributed by atoms with Crippen molar-refractivity contribution in [1.82, 2.24) is 0 Å². The van der Waals surface area contributed by atoms with Crippen molar-refractivity contribution in [3.8, 4) is 0 Å². The average molecular weight is 215 g/mol. The summed E-state index contributed by atoms with van der Waals surface area (Å²) in [6.45, 7) is 0. The zero-order chi connectivity index (χ0) is 9.30. The molecule has 1 aromatic rings. The zero-order valence-corrected chi connectivity index (χ0v) is 7.13. The van der Waals surface area contributed by atoms with Gasteiger partial charge in [0, 0.05) is 0 Å². The Kier molecular flexibility index (Phi) is 2.85. The van der Waals surface area contributed by atoms with E-state index in [1.54, 1.807) is 0 Å². The van der Waals surface area contributed by atoms with Crippen molar-refractivity contribution in [3.05, 3.63) is 35.1 Å². The molecule has 0 saturated carbocycles. The lowest BCUT2D eigenvalue weighted by Crippen LogP contribution is -1.93. The van der Waals surface area contributed by atoms with Gasteiger partial charge in [-0.2, -0.15) is 0 Å². The summed E-state index contributed by atoms with van der Waals surface area (Å²) in [5.74, 6) is -4.11. The molecule has 5 heteroatoms. The van der Waals surface area contributed by atoms with Crippen LogP contribution in [0.1, 0.15) is 10.4 Å². The summed E-state index contributed by atoms with van der Waals surface area (Å²) in [4.78, 5) is -1.06. The quantitative estimate of drug-likeness (QED) is 0.496. The maximum atomic E-state index is 12.5. The van der Waals surface area contributed by atoms with Crippen LogP contribution in [-0.2, 0) is 0 Å². The highest BCUT2D eigenvalue weighted by Crippen LogP contribution is 2.26. The number of halogens is 5. The first-order chi connectivity index (χ1) is 5.52. The lowest BCUT2D eigenvalue weighted by Gasteiger charge is -2.02. The summed E-state index contributed by atoms with van der Waals surface area (Å²) < 4.78 is 37.3. The molecule has 0 heterocycles. The van der Waals surface area contributed by atoms with Gasteiger partial charge in [-0.1, -0.05) is 0 Å². The smallest absolute Gasteiger partial charge is 0.194 e. The Morgan fingerprint density at radius 2 is 1.42 bits per heavy atom. The fourth-order valence-electron chi connectivity index (χ4n) is 0.701. The summed E-state index contributed by atoms with van der Waals surface area (Å²) in [5, 5.41) is 0. The minimum absolute atomic E-state index is 0.00488. The number of benzene rings is 1. The van der Waals surface area contributed by atoms with Crippen molar-refractivity contribution in [2.75, 3.05) is 0 Å². The highest BCUT2D eigenvalue weighted by Gasteiger charge is 2.13. The molecule has 0 aliphatic carbocycles. The molecule has 1 rings (SSSR count). The van der Waals surface area contributed by atoms with Crippen LogP contribution in [0.25, 0.3) is 0 Å². The van der Waals surface area contributed by atoms with E-state index in [-0.39, 0.29) is 5.56 Å². The normalized spacial score (nSPS) is 10.8. The van der Waals surface area contributed by atoms with Gasteiger partial charge in [-0.05, 0) is 17.7 Å². The van der Waals surface area contributed by atoms with Crippen LogP contribution in [0.3, 0.4) is 0 Å². The molecule has 0 unspecified atom stereocenters. The Morgan fingerprint density at radius 1 is 1.00 bits per heavy atom. The van der Waals surface area contributed by atoms with Gasteiger partial charge in [0.15, 0.2) is 17.5 Å². The zero-order valence-electron chi connectivity index (χ0n) is 5.62. The molecular formula is C7H3Cl2F3. The highest BCUT2D eigenvalue weighted by molar-refractivity contribution is 6.44. The minimum atomic E-state index is -1.52. The first kappa shape index (κ1) is 9.68. The van der Waals surface area contributed by atoms with E-state index in [2.05, 4.69) is 0 Å². The molecule has 0 spiro atoms. The Balaban J connectivity index is 3.21. The van der Waals surface area contributed by atoms with Gasteiger partial charge in [-0.25, -0.2) is 13.2 Å². The van der Waals surface area contributed by atoms with Gasteiger partial charge in [0.05, 0.1) is 0 Å². The van der Waals surface area contributed by atoms with Crippen molar-refractivity contribution in [2.45, 2.75) is 4.84 Å². The average Bonchev–Trinajstić information content (AvgIpc) is 1.99. The van der Waals surface area contributed by atoms with Crippen molar-refractivity contribution in [3.63, 3.8) is 0 Å². The fraction of sp³-hybridized carbons (Fsp3) is 0.143. The molecule has 0 amide bonds. The standard InChI is InChI=1S/C7H3Cl2F3/c8-7(9)3-1-4(10)6(12)5(11)2-3/h1-2,7H. The predicted octanol–water partition coefficient (Wildman–Crippen LogP) is 3.58. The molecule has 0 saturated heterocycles. The fourth-order valence-corrected chi connectivity index (χ4v) is 0.953. The largest absolute Gasteiger partial charge is 0.204 e. The van der Waals surface area contributed by atoms with Crippen LogP contribution >= 0.6 is 23.2 Å². The number of rotatable bonds is 1.